The molecule has 2 rings (SSSR count). The maximum absolute atomic E-state index is 4.10. The summed E-state index contributed by atoms with van der Waals surface area (Å²) in [6.45, 7) is 1.82. The van der Waals surface area contributed by atoms with Gasteiger partial charge in [-0.25, -0.2) is 4.68 Å². The minimum atomic E-state index is 0.858. The Morgan fingerprint density at radius 1 is 1.19 bits per heavy atom. The highest BCUT2D eigenvalue weighted by atomic mass is 15.4. The van der Waals surface area contributed by atoms with E-state index >= 15 is 0 Å². The molecule has 2 aromatic rings. The summed E-state index contributed by atoms with van der Waals surface area (Å²) in [5.41, 5.74) is 2.23. The molecule has 0 atom stereocenters. The Balaban J connectivity index is 2.19. The Morgan fingerprint density at radius 3 is 2.62 bits per heavy atom. The molecule has 0 unspecified atom stereocenters. The Labute approximate surface area is 95.5 Å². The third-order valence-corrected chi connectivity index (χ3v) is 2.45. The van der Waals surface area contributed by atoms with Crippen LogP contribution in [0.1, 0.15) is 0 Å². The van der Waals surface area contributed by atoms with E-state index in [2.05, 4.69) is 41.4 Å². The first-order chi connectivity index (χ1) is 7.77. The van der Waals surface area contributed by atoms with Gasteiger partial charge in [-0.3, -0.25) is 0 Å². The van der Waals surface area contributed by atoms with Crippen LogP contribution in [-0.2, 0) is 6.54 Å². The summed E-state index contributed by atoms with van der Waals surface area (Å²) in [4.78, 5) is 2.14. The molecule has 1 aromatic carbocycles. The highest BCUT2D eigenvalue weighted by Gasteiger charge is 2.05. The second-order valence-electron chi connectivity index (χ2n) is 4.01. The fraction of sp³-hybridized carbons (Fsp3) is 0.333. The van der Waals surface area contributed by atoms with E-state index in [1.54, 1.807) is 0 Å². The lowest BCUT2D eigenvalue weighted by molar-refractivity contribution is 0.372. The Hall–Kier alpha value is -1.68. The molecular formula is C12H16N4. The first kappa shape index (κ1) is 10.8. The molecule has 0 fully saturated rings. The molecule has 0 saturated carbocycles. The highest BCUT2D eigenvalue weighted by Crippen LogP contribution is 2.16. The molecule has 0 saturated heterocycles. The third-order valence-electron chi connectivity index (χ3n) is 2.45. The van der Waals surface area contributed by atoms with Crippen LogP contribution in [0, 0.1) is 0 Å². The Kier molecular flexibility index (Phi) is 3.31. The van der Waals surface area contributed by atoms with Crippen LogP contribution in [-0.4, -0.2) is 40.5 Å². The van der Waals surface area contributed by atoms with Gasteiger partial charge >= 0.3 is 0 Å². The number of aromatic nitrogens is 3. The summed E-state index contributed by atoms with van der Waals surface area (Å²) < 4.78 is 1.94. The van der Waals surface area contributed by atoms with Gasteiger partial charge in [-0.2, -0.15) is 0 Å². The molecule has 0 spiro atoms. The van der Waals surface area contributed by atoms with Gasteiger partial charge in [0.05, 0.1) is 18.4 Å². The maximum atomic E-state index is 4.10. The van der Waals surface area contributed by atoms with Crippen LogP contribution in [0.3, 0.4) is 0 Å². The van der Waals surface area contributed by atoms with Crippen molar-refractivity contribution in [3.05, 3.63) is 36.5 Å². The van der Waals surface area contributed by atoms with E-state index < -0.39 is 0 Å². The van der Waals surface area contributed by atoms with E-state index in [-0.39, 0.29) is 0 Å². The van der Waals surface area contributed by atoms with Crippen LogP contribution in [0.15, 0.2) is 36.5 Å². The summed E-state index contributed by atoms with van der Waals surface area (Å²) in [6.07, 6.45) is 1.81. The normalized spacial score (nSPS) is 10.9. The molecule has 0 radical (unpaired) electrons. The van der Waals surface area contributed by atoms with Crippen molar-refractivity contribution in [2.75, 3.05) is 20.6 Å². The van der Waals surface area contributed by atoms with E-state index in [9.17, 15) is 0 Å². The first-order valence-corrected chi connectivity index (χ1v) is 5.36. The zero-order valence-electron chi connectivity index (χ0n) is 9.67. The Bertz CT molecular complexity index is 433. The van der Waals surface area contributed by atoms with Gasteiger partial charge in [0.1, 0.15) is 0 Å². The molecule has 0 N–H and O–H groups in total. The predicted octanol–water partition coefficient (Wildman–Crippen LogP) is 1.51. The van der Waals surface area contributed by atoms with Crippen LogP contribution < -0.4 is 0 Å². The van der Waals surface area contributed by atoms with Gasteiger partial charge in [-0.15, -0.1) is 5.10 Å². The quantitative estimate of drug-likeness (QED) is 0.776. The summed E-state index contributed by atoms with van der Waals surface area (Å²) in [5.74, 6) is 0. The SMILES string of the molecule is CN(C)CCn1nncc1-c1ccccc1. The molecule has 0 amide bonds. The van der Waals surface area contributed by atoms with Gasteiger partial charge in [0.25, 0.3) is 0 Å². The lowest BCUT2D eigenvalue weighted by atomic mass is 10.2. The zero-order chi connectivity index (χ0) is 11.4. The number of benzene rings is 1. The van der Waals surface area contributed by atoms with Crippen LogP contribution in [0.2, 0.25) is 0 Å². The second kappa shape index (κ2) is 4.90. The molecule has 0 bridgehead atoms. The molecule has 4 heteroatoms. The fourth-order valence-corrected chi connectivity index (χ4v) is 1.55. The predicted molar refractivity (Wildman–Crippen MR) is 64.0 cm³/mol. The van der Waals surface area contributed by atoms with Crippen molar-refractivity contribution in [1.82, 2.24) is 19.9 Å². The molecule has 4 nitrogen and oxygen atoms in total. The van der Waals surface area contributed by atoms with E-state index in [0.29, 0.717) is 0 Å². The average molecular weight is 216 g/mol. The van der Waals surface area contributed by atoms with Crippen LogP contribution in [0.25, 0.3) is 11.3 Å². The molecule has 1 aromatic heterocycles. The largest absolute Gasteiger partial charge is 0.308 e. The third kappa shape index (κ3) is 2.46. The van der Waals surface area contributed by atoms with Gasteiger partial charge in [-0.1, -0.05) is 35.5 Å². The summed E-state index contributed by atoms with van der Waals surface area (Å²) in [7, 11) is 4.11. The second-order valence-corrected chi connectivity index (χ2v) is 4.01. The smallest absolute Gasteiger partial charge is 0.0886 e. The maximum Gasteiger partial charge on any atom is 0.0886 e. The molecule has 0 aliphatic heterocycles. The van der Waals surface area contributed by atoms with Crippen molar-refractivity contribution in [2.24, 2.45) is 0 Å². The van der Waals surface area contributed by atoms with Gasteiger partial charge in [0, 0.05) is 12.1 Å². The van der Waals surface area contributed by atoms with E-state index in [4.69, 9.17) is 0 Å². The molecule has 84 valence electrons. The van der Waals surface area contributed by atoms with Gasteiger partial charge in [0.15, 0.2) is 0 Å². The lowest BCUT2D eigenvalue weighted by Gasteiger charge is -2.10. The average Bonchev–Trinajstić information content (AvgIpc) is 2.75. The number of rotatable bonds is 4. The number of hydrogen-bond acceptors (Lipinski definition) is 3. The molecule has 0 aliphatic rings. The summed E-state index contributed by atoms with van der Waals surface area (Å²) >= 11 is 0. The van der Waals surface area contributed by atoms with Crippen molar-refractivity contribution in [3.8, 4) is 11.3 Å². The first-order valence-electron chi connectivity index (χ1n) is 5.36. The summed E-state index contributed by atoms with van der Waals surface area (Å²) in [5, 5.41) is 8.08. The van der Waals surface area contributed by atoms with Gasteiger partial charge < -0.3 is 4.90 Å². The highest BCUT2D eigenvalue weighted by molar-refractivity contribution is 5.57. The van der Waals surface area contributed by atoms with E-state index in [1.165, 1.54) is 0 Å². The minimum Gasteiger partial charge on any atom is -0.308 e. The molecule has 16 heavy (non-hydrogen) atoms. The van der Waals surface area contributed by atoms with Crippen LogP contribution in [0.5, 0.6) is 0 Å². The van der Waals surface area contributed by atoms with Crippen molar-refractivity contribution in [3.63, 3.8) is 0 Å². The number of nitrogens with zero attached hydrogens (tertiary/aromatic N) is 4. The molecular weight excluding hydrogens is 200 g/mol. The van der Waals surface area contributed by atoms with Crippen LogP contribution >= 0.6 is 0 Å². The number of likely N-dealkylation sites (N-methyl/N-ethyl adjacent to an activating group) is 1. The van der Waals surface area contributed by atoms with Crippen molar-refractivity contribution in [1.29, 1.82) is 0 Å². The van der Waals surface area contributed by atoms with Crippen molar-refractivity contribution >= 4 is 0 Å². The van der Waals surface area contributed by atoms with E-state index in [0.717, 1.165) is 24.3 Å². The molecule has 1 heterocycles. The van der Waals surface area contributed by atoms with Gasteiger partial charge in [-0.05, 0) is 14.1 Å². The van der Waals surface area contributed by atoms with Crippen molar-refractivity contribution in [2.45, 2.75) is 6.54 Å². The molecule has 0 aliphatic carbocycles. The number of hydrogen-bond donors (Lipinski definition) is 0. The van der Waals surface area contributed by atoms with Crippen LogP contribution in [0.4, 0.5) is 0 Å². The monoisotopic (exact) mass is 216 g/mol. The standard InChI is InChI=1S/C12H16N4/c1-15(2)8-9-16-12(10-13-14-16)11-6-4-3-5-7-11/h3-7,10H,8-9H2,1-2H3. The Morgan fingerprint density at radius 2 is 1.94 bits per heavy atom. The minimum absolute atomic E-state index is 0.858. The summed E-state index contributed by atoms with van der Waals surface area (Å²) in [6, 6.07) is 10.2. The lowest BCUT2D eigenvalue weighted by Crippen LogP contribution is -2.19. The van der Waals surface area contributed by atoms with E-state index in [1.807, 2.05) is 29.1 Å². The van der Waals surface area contributed by atoms with Crippen molar-refractivity contribution < 1.29 is 0 Å². The zero-order valence-corrected chi connectivity index (χ0v) is 9.67. The topological polar surface area (TPSA) is 34.0 Å². The fourth-order valence-electron chi connectivity index (χ4n) is 1.55. The van der Waals surface area contributed by atoms with Gasteiger partial charge in [0.2, 0.25) is 0 Å².